The molecule has 0 saturated carbocycles. The van der Waals surface area contributed by atoms with Crippen LogP contribution in [0.2, 0.25) is 0 Å². The van der Waals surface area contributed by atoms with Gasteiger partial charge in [-0.25, -0.2) is 9.59 Å². The molecule has 0 heterocycles. The van der Waals surface area contributed by atoms with Gasteiger partial charge in [0.15, 0.2) is 0 Å². The Kier molecular flexibility index (Phi) is 4.94. The van der Waals surface area contributed by atoms with Crippen LogP contribution < -0.4 is 0 Å². The van der Waals surface area contributed by atoms with Crippen molar-refractivity contribution in [3.63, 3.8) is 0 Å². The van der Waals surface area contributed by atoms with Crippen LogP contribution in [0.4, 0.5) is 0 Å². The van der Waals surface area contributed by atoms with Gasteiger partial charge >= 0.3 is 11.9 Å². The number of carboxylic acids is 1. The normalized spacial score (nSPS) is 11.7. The van der Waals surface area contributed by atoms with Crippen molar-refractivity contribution in [2.24, 2.45) is 0 Å². The quantitative estimate of drug-likeness (QED) is 0.847. The Hall–Kier alpha value is -2.62. The van der Waals surface area contributed by atoms with Crippen molar-refractivity contribution in [3.05, 3.63) is 59.7 Å². The summed E-state index contributed by atoms with van der Waals surface area (Å²) < 4.78 is 5.36. The van der Waals surface area contributed by atoms with Crippen molar-refractivity contribution in [3.8, 4) is 11.1 Å². The van der Waals surface area contributed by atoms with Crippen molar-refractivity contribution in [1.82, 2.24) is 0 Å². The molecule has 0 fully saturated rings. The van der Waals surface area contributed by atoms with Crippen molar-refractivity contribution in [2.45, 2.75) is 26.4 Å². The van der Waals surface area contributed by atoms with Crippen LogP contribution in [0.15, 0.2) is 48.5 Å². The number of ether oxygens (including phenoxy) is 1. The summed E-state index contributed by atoms with van der Waals surface area (Å²) in [6.45, 7) is 3.76. The molecule has 0 bridgehead atoms. The zero-order valence-corrected chi connectivity index (χ0v) is 12.6. The lowest BCUT2D eigenvalue weighted by molar-refractivity contribution is 0.0335. The predicted molar refractivity (Wildman–Crippen MR) is 84.0 cm³/mol. The molecule has 0 saturated heterocycles. The summed E-state index contributed by atoms with van der Waals surface area (Å²) in [5.41, 5.74) is 1.60. The van der Waals surface area contributed by atoms with E-state index in [0.29, 0.717) is 16.7 Å². The molecule has 1 atom stereocenters. The minimum atomic E-state index is -1.03. The first-order valence-corrected chi connectivity index (χ1v) is 7.17. The molecule has 2 aromatic carbocycles. The molecule has 4 heteroatoms. The van der Waals surface area contributed by atoms with Crippen molar-refractivity contribution in [1.29, 1.82) is 0 Å². The summed E-state index contributed by atoms with van der Waals surface area (Å²) in [7, 11) is 0. The third kappa shape index (κ3) is 3.34. The maximum atomic E-state index is 12.3. The topological polar surface area (TPSA) is 63.6 Å². The van der Waals surface area contributed by atoms with Gasteiger partial charge in [-0.05, 0) is 36.6 Å². The summed E-state index contributed by atoms with van der Waals surface area (Å²) in [6.07, 6.45) is 0.537. The Morgan fingerprint density at radius 1 is 1.00 bits per heavy atom. The lowest BCUT2D eigenvalue weighted by Crippen LogP contribution is -2.15. The Morgan fingerprint density at radius 3 is 2.05 bits per heavy atom. The van der Waals surface area contributed by atoms with Gasteiger partial charge in [-0.15, -0.1) is 0 Å². The van der Waals surface area contributed by atoms with Gasteiger partial charge in [0.05, 0.1) is 17.2 Å². The van der Waals surface area contributed by atoms with Gasteiger partial charge in [-0.2, -0.15) is 0 Å². The minimum absolute atomic E-state index is 0.159. The van der Waals surface area contributed by atoms with Gasteiger partial charge in [0.2, 0.25) is 0 Å². The number of benzene rings is 2. The Bertz CT molecular complexity index is 691. The lowest BCUT2D eigenvalue weighted by atomic mass is 9.95. The fourth-order valence-electron chi connectivity index (χ4n) is 2.13. The SMILES string of the molecule is CC[C@@H](C)OC(=O)c1ccccc1-c1ccccc1C(=O)O. The summed E-state index contributed by atoms with van der Waals surface area (Å²) in [6, 6.07) is 13.5. The molecular weight excluding hydrogens is 280 g/mol. The number of aromatic carboxylic acids is 1. The standard InChI is InChI=1S/C18H18O4/c1-3-12(2)22-18(21)16-11-7-5-9-14(16)13-8-4-6-10-15(13)17(19)20/h4-12H,3H2,1-2H3,(H,19,20)/t12-/m1/s1. The first kappa shape index (κ1) is 15.8. The molecule has 1 N–H and O–H groups in total. The maximum Gasteiger partial charge on any atom is 0.339 e. The van der Waals surface area contributed by atoms with Crippen LogP contribution in [0.3, 0.4) is 0 Å². The maximum absolute atomic E-state index is 12.3. The molecule has 114 valence electrons. The number of hydrogen-bond acceptors (Lipinski definition) is 3. The van der Waals surface area contributed by atoms with E-state index in [0.717, 1.165) is 6.42 Å². The van der Waals surface area contributed by atoms with E-state index in [9.17, 15) is 14.7 Å². The number of hydrogen-bond donors (Lipinski definition) is 1. The van der Waals surface area contributed by atoms with E-state index in [2.05, 4.69) is 0 Å². The van der Waals surface area contributed by atoms with Crippen LogP contribution in [-0.4, -0.2) is 23.1 Å². The fraction of sp³-hybridized carbons (Fsp3) is 0.222. The minimum Gasteiger partial charge on any atom is -0.478 e. The molecule has 4 nitrogen and oxygen atoms in total. The summed E-state index contributed by atoms with van der Waals surface area (Å²) in [4.78, 5) is 23.7. The van der Waals surface area contributed by atoms with E-state index in [1.165, 1.54) is 6.07 Å². The summed E-state index contributed by atoms with van der Waals surface area (Å²) >= 11 is 0. The molecule has 2 rings (SSSR count). The lowest BCUT2D eigenvalue weighted by Gasteiger charge is -2.14. The van der Waals surface area contributed by atoms with E-state index >= 15 is 0 Å². The van der Waals surface area contributed by atoms with Gasteiger partial charge in [0, 0.05) is 0 Å². The van der Waals surface area contributed by atoms with E-state index < -0.39 is 11.9 Å². The van der Waals surface area contributed by atoms with Crippen LogP contribution in [0.5, 0.6) is 0 Å². The molecule has 0 amide bonds. The van der Waals surface area contributed by atoms with E-state index in [1.807, 2.05) is 13.8 Å². The monoisotopic (exact) mass is 298 g/mol. The number of carbonyl (C=O) groups excluding carboxylic acids is 1. The van der Waals surface area contributed by atoms with Crippen LogP contribution in [-0.2, 0) is 4.74 Å². The molecule has 0 unspecified atom stereocenters. The molecule has 0 aliphatic heterocycles. The van der Waals surface area contributed by atoms with Gasteiger partial charge in [0.25, 0.3) is 0 Å². The van der Waals surface area contributed by atoms with Crippen molar-refractivity contribution >= 4 is 11.9 Å². The second-order valence-electron chi connectivity index (χ2n) is 5.02. The molecule has 0 aromatic heterocycles. The smallest absolute Gasteiger partial charge is 0.339 e. The predicted octanol–water partition coefficient (Wildman–Crippen LogP) is 4.01. The van der Waals surface area contributed by atoms with Gasteiger partial charge in [-0.3, -0.25) is 0 Å². The van der Waals surface area contributed by atoms with Crippen LogP contribution in [0.1, 0.15) is 41.0 Å². The van der Waals surface area contributed by atoms with E-state index in [1.54, 1.807) is 42.5 Å². The van der Waals surface area contributed by atoms with Crippen LogP contribution >= 0.6 is 0 Å². The van der Waals surface area contributed by atoms with Crippen LogP contribution in [0.25, 0.3) is 11.1 Å². The molecule has 0 spiro atoms. The molecule has 0 aliphatic carbocycles. The first-order chi connectivity index (χ1) is 10.5. The van der Waals surface area contributed by atoms with Crippen molar-refractivity contribution < 1.29 is 19.4 Å². The first-order valence-electron chi connectivity index (χ1n) is 7.17. The summed E-state index contributed by atoms with van der Waals surface area (Å²) in [5, 5.41) is 9.32. The second kappa shape index (κ2) is 6.89. The fourth-order valence-corrected chi connectivity index (χ4v) is 2.13. The Morgan fingerprint density at radius 2 is 1.50 bits per heavy atom. The Labute approximate surface area is 129 Å². The molecule has 22 heavy (non-hydrogen) atoms. The zero-order chi connectivity index (χ0) is 16.1. The third-order valence-electron chi connectivity index (χ3n) is 3.48. The molecule has 2 aromatic rings. The second-order valence-corrected chi connectivity index (χ2v) is 5.02. The highest BCUT2D eigenvalue weighted by Gasteiger charge is 2.19. The largest absolute Gasteiger partial charge is 0.478 e. The highest BCUT2D eigenvalue weighted by Crippen LogP contribution is 2.28. The zero-order valence-electron chi connectivity index (χ0n) is 12.6. The average molecular weight is 298 g/mol. The molecular formula is C18H18O4. The number of rotatable bonds is 5. The van der Waals surface area contributed by atoms with Crippen LogP contribution in [0, 0.1) is 0 Å². The Balaban J connectivity index is 2.50. The summed E-state index contributed by atoms with van der Waals surface area (Å²) in [5.74, 6) is -1.47. The van der Waals surface area contributed by atoms with Gasteiger partial charge in [-0.1, -0.05) is 43.3 Å². The van der Waals surface area contributed by atoms with Gasteiger partial charge in [0.1, 0.15) is 0 Å². The highest BCUT2D eigenvalue weighted by atomic mass is 16.5. The molecule has 0 aliphatic rings. The third-order valence-corrected chi connectivity index (χ3v) is 3.48. The number of carbonyl (C=O) groups is 2. The van der Waals surface area contributed by atoms with E-state index in [4.69, 9.17) is 4.74 Å². The highest BCUT2D eigenvalue weighted by molar-refractivity contribution is 6.02. The van der Waals surface area contributed by atoms with Crippen molar-refractivity contribution in [2.75, 3.05) is 0 Å². The number of esters is 1. The molecule has 0 radical (unpaired) electrons. The van der Waals surface area contributed by atoms with E-state index in [-0.39, 0.29) is 11.7 Å². The van der Waals surface area contributed by atoms with Gasteiger partial charge < -0.3 is 9.84 Å². The average Bonchev–Trinajstić information content (AvgIpc) is 2.54. The number of carboxylic acid groups (broad SMARTS) is 1.